The van der Waals surface area contributed by atoms with Crippen LogP contribution < -0.4 is 14.8 Å². The number of anilines is 1. The summed E-state index contributed by atoms with van der Waals surface area (Å²) in [7, 11) is 0. The second-order valence-corrected chi connectivity index (χ2v) is 7.57. The van der Waals surface area contributed by atoms with Crippen LogP contribution in [-0.2, 0) is 0 Å². The van der Waals surface area contributed by atoms with E-state index in [-0.39, 0.29) is 5.91 Å². The van der Waals surface area contributed by atoms with Crippen LogP contribution in [0.25, 0.3) is 16.7 Å². The molecule has 0 saturated carbocycles. The number of nitrogens with zero attached hydrogens (tertiary/aromatic N) is 3. The van der Waals surface area contributed by atoms with Crippen LogP contribution in [0.4, 0.5) is 5.69 Å². The van der Waals surface area contributed by atoms with Gasteiger partial charge in [0.05, 0.1) is 18.9 Å². The number of aromatic nitrogens is 3. The molecule has 0 fully saturated rings. The average Bonchev–Trinajstić information content (AvgIpc) is 3.17. The van der Waals surface area contributed by atoms with Crippen molar-refractivity contribution in [3.05, 3.63) is 70.7 Å². The topological polar surface area (TPSA) is 78.3 Å². The van der Waals surface area contributed by atoms with E-state index in [0.717, 1.165) is 16.8 Å². The highest BCUT2D eigenvalue weighted by molar-refractivity contribution is 6.30. The number of carbonyl (C=O) groups is 1. The Morgan fingerprint density at radius 1 is 0.938 bits per heavy atom. The van der Waals surface area contributed by atoms with E-state index in [1.165, 1.54) is 0 Å². The first-order valence-corrected chi connectivity index (χ1v) is 10.7. The van der Waals surface area contributed by atoms with Crippen LogP contribution in [0.3, 0.4) is 0 Å². The molecule has 0 aliphatic rings. The van der Waals surface area contributed by atoms with Crippen LogP contribution in [-0.4, -0.2) is 34.1 Å². The van der Waals surface area contributed by atoms with Crippen LogP contribution in [0.1, 0.15) is 29.8 Å². The third kappa shape index (κ3) is 4.68. The fourth-order valence-electron chi connectivity index (χ4n) is 3.29. The molecule has 7 nitrogen and oxygen atoms in total. The third-order valence-corrected chi connectivity index (χ3v) is 5.05. The molecule has 1 N–H and O–H groups in total. The Balaban J connectivity index is 1.63. The van der Waals surface area contributed by atoms with Gasteiger partial charge in [-0.25, -0.2) is 0 Å². The summed E-state index contributed by atoms with van der Waals surface area (Å²) < 4.78 is 11.2. The second-order valence-electron chi connectivity index (χ2n) is 7.13. The summed E-state index contributed by atoms with van der Waals surface area (Å²) in [4.78, 5) is 14.5. The van der Waals surface area contributed by atoms with Crippen molar-refractivity contribution >= 4 is 34.2 Å². The number of hydrogen-bond acceptors (Lipinski definition) is 5. The van der Waals surface area contributed by atoms with E-state index in [2.05, 4.69) is 15.5 Å². The minimum absolute atomic E-state index is 0.264. The maximum atomic E-state index is 13.0. The molecule has 1 aromatic heterocycles. The number of benzene rings is 3. The van der Waals surface area contributed by atoms with Crippen molar-refractivity contribution < 1.29 is 14.3 Å². The van der Waals surface area contributed by atoms with Crippen molar-refractivity contribution in [2.24, 2.45) is 0 Å². The average molecular weight is 451 g/mol. The highest BCUT2D eigenvalue weighted by atomic mass is 35.5. The quantitative estimate of drug-likeness (QED) is 0.406. The summed E-state index contributed by atoms with van der Waals surface area (Å²) in [6.45, 7) is 6.69. The van der Waals surface area contributed by atoms with Gasteiger partial charge in [-0.3, -0.25) is 4.79 Å². The summed E-state index contributed by atoms with van der Waals surface area (Å²) in [6.07, 6.45) is 0. The van der Waals surface area contributed by atoms with Crippen molar-refractivity contribution in [2.75, 3.05) is 18.5 Å². The number of rotatable bonds is 7. The maximum absolute atomic E-state index is 13.0. The lowest BCUT2D eigenvalue weighted by molar-refractivity contribution is 0.102. The summed E-state index contributed by atoms with van der Waals surface area (Å²) >= 11 is 5.97. The number of ether oxygens (including phenoxy) is 2. The highest BCUT2D eigenvalue weighted by Crippen LogP contribution is 2.26. The summed E-state index contributed by atoms with van der Waals surface area (Å²) in [6, 6.07) is 16.2. The van der Waals surface area contributed by atoms with Gasteiger partial charge in [0.25, 0.3) is 5.91 Å². The first-order chi connectivity index (χ1) is 15.5. The van der Waals surface area contributed by atoms with Crippen molar-refractivity contribution in [1.29, 1.82) is 0 Å². The van der Waals surface area contributed by atoms with Gasteiger partial charge in [0.15, 0.2) is 0 Å². The molecule has 4 rings (SSSR count). The van der Waals surface area contributed by atoms with Crippen molar-refractivity contribution in [3.63, 3.8) is 0 Å². The molecule has 0 aliphatic heterocycles. The van der Waals surface area contributed by atoms with Gasteiger partial charge in [-0.15, -0.1) is 10.2 Å². The van der Waals surface area contributed by atoms with Crippen LogP contribution in [0.2, 0.25) is 5.02 Å². The first kappa shape index (κ1) is 21.6. The molecule has 164 valence electrons. The molecule has 4 aromatic rings. The largest absolute Gasteiger partial charge is 0.494 e. The molecule has 0 saturated heterocycles. The van der Waals surface area contributed by atoms with E-state index in [1.807, 2.05) is 45.0 Å². The van der Waals surface area contributed by atoms with Gasteiger partial charge in [0, 0.05) is 22.3 Å². The number of fused-ring (bicyclic) bond motifs is 1. The molecule has 32 heavy (non-hydrogen) atoms. The Morgan fingerprint density at radius 3 is 2.12 bits per heavy atom. The first-order valence-electron chi connectivity index (χ1n) is 10.3. The summed E-state index contributed by atoms with van der Waals surface area (Å²) in [5.74, 6) is 0.906. The van der Waals surface area contributed by atoms with Crippen LogP contribution >= 0.6 is 11.6 Å². The number of carbonyl (C=O) groups excluding carboxylic acids is 1. The van der Waals surface area contributed by atoms with Gasteiger partial charge in [-0.2, -0.15) is 4.80 Å². The van der Waals surface area contributed by atoms with E-state index in [9.17, 15) is 4.79 Å². The molecule has 1 heterocycles. The lowest BCUT2D eigenvalue weighted by atomic mass is 10.1. The monoisotopic (exact) mass is 450 g/mol. The zero-order chi connectivity index (χ0) is 22.7. The van der Waals surface area contributed by atoms with E-state index < -0.39 is 0 Å². The molecular formula is C24H23ClN4O3. The zero-order valence-electron chi connectivity index (χ0n) is 18.1. The van der Waals surface area contributed by atoms with E-state index in [0.29, 0.717) is 46.5 Å². The fraction of sp³-hybridized carbons (Fsp3) is 0.208. The Bertz CT molecular complexity index is 1240. The van der Waals surface area contributed by atoms with Gasteiger partial charge in [-0.1, -0.05) is 11.6 Å². The molecule has 0 spiro atoms. The number of halogens is 1. The molecule has 1 amide bonds. The SMILES string of the molecule is CCOc1cc(OCC)cc(C(=O)Nc2cc3nn(-c4ccc(Cl)cc4)nc3cc2C)c1. The Morgan fingerprint density at radius 2 is 1.53 bits per heavy atom. The molecule has 0 atom stereocenters. The predicted octanol–water partition coefficient (Wildman–Crippen LogP) is 5.43. The number of aryl methyl sites for hydroxylation is 1. The normalized spacial score (nSPS) is 10.9. The number of amides is 1. The van der Waals surface area contributed by atoms with Gasteiger partial charge in [0.1, 0.15) is 22.5 Å². The standard InChI is InChI=1S/C24H23ClN4O3/c1-4-31-19-11-16(12-20(13-19)32-5-2)24(30)26-21-14-23-22(10-15(21)3)27-29(28-23)18-8-6-17(25)7-9-18/h6-14H,4-5H2,1-3H3,(H,26,30). The Hall–Kier alpha value is -3.58. The number of nitrogens with one attached hydrogen (secondary N) is 1. The van der Waals surface area contributed by atoms with Gasteiger partial charge < -0.3 is 14.8 Å². The van der Waals surface area contributed by atoms with Gasteiger partial charge >= 0.3 is 0 Å². The van der Waals surface area contributed by atoms with Crippen molar-refractivity contribution in [3.8, 4) is 17.2 Å². The minimum atomic E-state index is -0.264. The van der Waals surface area contributed by atoms with Crippen molar-refractivity contribution in [2.45, 2.75) is 20.8 Å². The maximum Gasteiger partial charge on any atom is 0.255 e. The van der Waals surface area contributed by atoms with Gasteiger partial charge in [-0.05, 0) is 74.9 Å². The van der Waals surface area contributed by atoms with E-state index in [1.54, 1.807) is 35.1 Å². The molecule has 0 bridgehead atoms. The van der Waals surface area contributed by atoms with Crippen LogP contribution in [0.15, 0.2) is 54.6 Å². The minimum Gasteiger partial charge on any atom is -0.494 e. The van der Waals surface area contributed by atoms with E-state index in [4.69, 9.17) is 21.1 Å². The van der Waals surface area contributed by atoms with Gasteiger partial charge in [0.2, 0.25) is 0 Å². The van der Waals surface area contributed by atoms with Crippen LogP contribution in [0, 0.1) is 6.92 Å². The highest BCUT2D eigenvalue weighted by Gasteiger charge is 2.14. The Labute approximate surface area is 190 Å². The van der Waals surface area contributed by atoms with E-state index >= 15 is 0 Å². The predicted molar refractivity (Wildman–Crippen MR) is 125 cm³/mol. The molecular weight excluding hydrogens is 428 g/mol. The smallest absolute Gasteiger partial charge is 0.255 e. The number of hydrogen-bond donors (Lipinski definition) is 1. The molecule has 0 radical (unpaired) electrons. The Kier molecular flexibility index (Phi) is 6.28. The molecule has 8 heteroatoms. The molecule has 0 aliphatic carbocycles. The zero-order valence-corrected chi connectivity index (χ0v) is 18.8. The second kappa shape index (κ2) is 9.28. The summed E-state index contributed by atoms with van der Waals surface area (Å²) in [5, 5.41) is 12.7. The molecule has 3 aromatic carbocycles. The lowest BCUT2D eigenvalue weighted by Gasteiger charge is -2.12. The van der Waals surface area contributed by atoms with Crippen LogP contribution in [0.5, 0.6) is 11.5 Å². The molecule has 0 unspecified atom stereocenters. The third-order valence-electron chi connectivity index (χ3n) is 4.80. The summed E-state index contributed by atoms with van der Waals surface area (Å²) in [5.41, 5.74) is 4.17. The lowest BCUT2D eigenvalue weighted by Crippen LogP contribution is -2.13. The fourth-order valence-corrected chi connectivity index (χ4v) is 3.42. The van der Waals surface area contributed by atoms with Crippen molar-refractivity contribution in [1.82, 2.24) is 15.0 Å².